The Kier molecular flexibility index (Phi) is 5.96. The Balaban J connectivity index is 1.46. The molecule has 1 amide bonds. The van der Waals surface area contributed by atoms with E-state index >= 15 is 0 Å². The summed E-state index contributed by atoms with van der Waals surface area (Å²) in [5.74, 6) is 3.05. The average molecular weight is 355 g/mol. The Hall–Kier alpha value is -2.30. The van der Waals surface area contributed by atoms with Crippen LogP contribution in [0.1, 0.15) is 44.0 Å². The molecule has 1 fully saturated rings. The van der Waals surface area contributed by atoms with Crippen molar-refractivity contribution >= 4 is 5.91 Å². The van der Waals surface area contributed by atoms with Crippen LogP contribution in [-0.4, -0.2) is 40.1 Å². The molecule has 26 heavy (non-hydrogen) atoms. The Morgan fingerprint density at radius 1 is 1.27 bits per heavy atom. The number of carbonyl (C=O) groups is 1. The number of carbonyl (C=O) groups excluding carboxylic acids is 1. The van der Waals surface area contributed by atoms with Crippen LogP contribution < -0.4 is 4.74 Å². The quantitative estimate of drug-likeness (QED) is 0.795. The van der Waals surface area contributed by atoms with E-state index < -0.39 is 0 Å². The van der Waals surface area contributed by atoms with Gasteiger partial charge in [-0.3, -0.25) is 4.79 Å². The van der Waals surface area contributed by atoms with E-state index in [1.54, 1.807) is 0 Å². The summed E-state index contributed by atoms with van der Waals surface area (Å²) in [5.41, 5.74) is 1.06. The summed E-state index contributed by atoms with van der Waals surface area (Å²) in [7, 11) is 0. The van der Waals surface area contributed by atoms with Gasteiger partial charge in [-0.2, -0.15) is 0 Å². The molecule has 0 saturated carbocycles. The lowest BCUT2D eigenvalue weighted by atomic mass is 9.96. The predicted octanol–water partition coefficient (Wildman–Crippen LogP) is 3.63. The molecule has 0 atom stereocenters. The summed E-state index contributed by atoms with van der Waals surface area (Å²) >= 11 is 0. The fourth-order valence-electron chi connectivity index (χ4n) is 3.57. The maximum atomic E-state index is 12.4. The second-order valence-electron chi connectivity index (χ2n) is 7.47. The van der Waals surface area contributed by atoms with Crippen molar-refractivity contribution in [3.8, 4) is 5.75 Å². The number of aromatic nitrogens is 2. The fourth-order valence-corrected chi connectivity index (χ4v) is 3.57. The number of likely N-dealkylation sites (tertiary alicyclic amines) is 1. The second-order valence-corrected chi connectivity index (χ2v) is 7.47. The molecule has 3 rings (SSSR count). The number of benzene rings is 1. The van der Waals surface area contributed by atoms with Gasteiger partial charge in [0.2, 0.25) is 0 Å². The molecular formula is C21H29N3O2. The zero-order valence-corrected chi connectivity index (χ0v) is 16.0. The van der Waals surface area contributed by atoms with Gasteiger partial charge in [0.25, 0.3) is 5.91 Å². The number of piperidine rings is 1. The number of amides is 1. The smallest absolute Gasteiger partial charge is 0.260 e. The van der Waals surface area contributed by atoms with E-state index in [4.69, 9.17) is 4.74 Å². The third-order valence-corrected chi connectivity index (χ3v) is 5.13. The normalized spacial score (nSPS) is 15.5. The highest BCUT2D eigenvalue weighted by molar-refractivity contribution is 5.77. The number of nitrogens with zero attached hydrogens (tertiary/aromatic N) is 3. The van der Waals surface area contributed by atoms with Crippen molar-refractivity contribution < 1.29 is 9.53 Å². The molecule has 1 saturated heterocycles. The third-order valence-electron chi connectivity index (χ3n) is 5.13. The van der Waals surface area contributed by atoms with E-state index in [9.17, 15) is 4.79 Å². The van der Waals surface area contributed by atoms with Gasteiger partial charge in [0.1, 0.15) is 11.6 Å². The van der Waals surface area contributed by atoms with E-state index in [0.29, 0.717) is 11.8 Å². The minimum absolute atomic E-state index is 0.0807. The van der Waals surface area contributed by atoms with Crippen molar-refractivity contribution in [2.45, 2.75) is 46.1 Å². The highest BCUT2D eigenvalue weighted by Gasteiger charge is 2.24. The molecule has 2 aromatic rings. The van der Waals surface area contributed by atoms with Crippen LogP contribution in [0.25, 0.3) is 0 Å². The van der Waals surface area contributed by atoms with Crippen LogP contribution in [-0.2, 0) is 11.3 Å². The predicted molar refractivity (Wildman–Crippen MR) is 102 cm³/mol. The van der Waals surface area contributed by atoms with E-state index in [0.717, 1.165) is 49.6 Å². The third kappa shape index (κ3) is 4.45. The van der Waals surface area contributed by atoms with Crippen molar-refractivity contribution in [1.82, 2.24) is 14.5 Å². The summed E-state index contributed by atoms with van der Waals surface area (Å²) in [6.07, 6.45) is 6.03. The van der Waals surface area contributed by atoms with E-state index in [-0.39, 0.29) is 12.5 Å². The molecule has 0 unspecified atom stereocenters. The first kappa shape index (κ1) is 18.5. The van der Waals surface area contributed by atoms with Crippen molar-refractivity contribution in [1.29, 1.82) is 0 Å². The Labute approximate surface area is 156 Å². The Morgan fingerprint density at radius 2 is 2.00 bits per heavy atom. The van der Waals surface area contributed by atoms with Gasteiger partial charge in [-0.25, -0.2) is 4.98 Å². The van der Waals surface area contributed by atoms with Crippen LogP contribution in [0.5, 0.6) is 5.75 Å². The minimum Gasteiger partial charge on any atom is -0.484 e. The number of aryl methyl sites for hydroxylation is 1. The SMILES string of the molecule is Cc1ccccc1OCC(=O)N1CCC(Cn2ccnc2C(C)C)CC1. The first-order valence-electron chi connectivity index (χ1n) is 9.52. The van der Waals surface area contributed by atoms with Gasteiger partial charge in [-0.15, -0.1) is 0 Å². The molecule has 1 aliphatic heterocycles. The molecule has 1 aromatic carbocycles. The van der Waals surface area contributed by atoms with Crippen molar-refractivity contribution in [2.24, 2.45) is 5.92 Å². The maximum absolute atomic E-state index is 12.4. The Morgan fingerprint density at radius 3 is 2.69 bits per heavy atom. The standard InChI is InChI=1S/C21H29N3O2/c1-16(2)21-22-10-13-24(21)14-18-8-11-23(12-9-18)20(25)15-26-19-7-5-4-6-17(19)3/h4-7,10,13,16,18H,8-9,11-12,14-15H2,1-3H3. The maximum Gasteiger partial charge on any atom is 0.260 e. The van der Waals surface area contributed by atoms with Crippen LogP contribution in [0.15, 0.2) is 36.7 Å². The number of hydrogen-bond donors (Lipinski definition) is 0. The van der Waals surface area contributed by atoms with E-state index in [1.807, 2.05) is 42.3 Å². The number of ether oxygens (including phenoxy) is 1. The average Bonchev–Trinajstić information content (AvgIpc) is 3.10. The molecule has 0 spiro atoms. The molecule has 1 aromatic heterocycles. The zero-order valence-electron chi connectivity index (χ0n) is 16.0. The van der Waals surface area contributed by atoms with Crippen molar-refractivity contribution in [3.63, 3.8) is 0 Å². The molecule has 0 N–H and O–H groups in total. The van der Waals surface area contributed by atoms with Gasteiger partial charge in [-0.05, 0) is 37.3 Å². The molecular weight excluding hydrogens is 326 g/mol. The second kappa shape index (κ2) is 8.39. The van der Waals surface area contributed by atoms with Gasteiger partial charge in [0.05, 0.1) is 0 Å². The van der Waals surface area contributed by atoms with Gasteiger partial charge in [0.15, 0.2) is 6.61 Å². The van der Waals surface area contributed by atoms with Gasteiger partial charge in [-0.1, -0.05) is 32.0 Å². The van der Waals surface area contributed by atoms with Crippen LogP contribution in [0, 0.1) is 12.8 Å². The molecule has 5 nitrogen and oxygen atoms in total. The highest BCUT2D eigenvalue weighted by atomic mass is 16.5. The first-order chi connectivity index (χ1) is 12.5. The number of imidazole rings is 1. The fraction of sp³-hybridized carbons (Fsp3) is 0.524. The zero-order chi connectivity index (χ0) is 18.5. The van der Waals surface area contributed by atoms with E-state index in [2.05, 4.69) is 29.6 Å². The molecule has 140 valence electrons. The van der Waals surface area contributed by atoms with Crippen molar-refractivity contribution in [2.75, 3.05) is 19.7 Å². The van der Waals surface area contributed by atoms with Crippen LogP contribution >= 0.6 is 0 Å². The molecule has 1 aliphatic rings. The molecule has 0 bridgehead atoms. The summed E-state index contributed by atoms with van der Waals surface area (Å²) in [4.78, 5) is 18.8. The summed E-state index contributed by atoms with van der Waals surface area (Å²) in [6.45, 7) is 9.08. The number of para-hydroxylation sites is 1. The highest BCUT2D eigenvalue weighted by Crippen LogP contribution is 2.22. The van der Waals surface area contributed by atoms with Crippen LogP contribution in [0.4, 0.5) is 0 Å². The topological polar surface area (TPSA) is 47.4 Å². The minimum atomic E-state index is 0.0807. The molecule has 0 radical (unpaired) electrons. The number of hydrogen-bond acceptors (Lipinski definition) is 3. The summed E-state index contributed by atoms with van der Waals surface area (Å²) in [6, 6.07) is 7.80. The monoisotopic (exact) mass is 355 g/mol. The van der Waals surface area contributed by atoms with Crippen molar-refractivity contribution in [3.05, 3.63) is 48.0 Å². The molecule has 5 heteroatoms. The Bertz CT molecular complexity index is 730. The largest absolute Gasteiger partial charge is 0.484 e. The lowest BCUT2D eigenvalue weighted by molar-refractivity contribution is -0.134. The molecule has 2 heterocycles. The first-order valence-corrected chi connectivity index (χ1v) is 9.52. The lowest BCUT2D eigenvalue weighted by Crippen LogP contribution is -2.41. The molecule has 0 aliphatic carbocycles. The summed E-state index contributed by atoms with van der Waals surface area (Å²) in [5, 5.41) is 0. The lowest BCUT2D eigenvalue weighted by Gasteiger charge is -2.32. The van der Waals surface area contributed by atoms with Gasteiger partial charge >= 0.3 is 0 Å². The summed E-state index contributed by atoms with van der Waals surface area (Å²) < 4.78 is 7.97. The van der Waals surface area contributed by atoms with Gasteiger partial charge in [0, 0.05) is 37.9 Å². The van der Waals surface area contributed by atoms with Crippen LogP contribution in [0.3, 0.4) is 0 Å². The van der Waals surface area contributed by atoms with Gasteiger partial charge < -0.3 is 14.2 Å². The van der Waals surface area contributed by atoms with Crippen LogP contribution in [0.2, 0.25) is 0 Å². The number of rotatable bonds is 6. The van der Waals surface area contributed by atoms with E-state index in [1.165, 1.54) is 0 Å².